The molecule has 7 nitrogen and oxygen atoms in total. The minimum absolute atomic E-state index is 0.109. The molecule has 3 aromatic rings. The van der Waals surface area contributed by atoms with E-state index < -0.39 is 0 Å². The number of aliphatic hydroxyl groups is 1. The molecular formula is C26H35N5O2. The van der Waals surface area contributed by atoms with E-state index in [1.807, 2.05) is 18.6 Å². The van der Waals surface area contributed by atoms with Gasteiger partial charge in [0.25, 0.3) is 0 Å². The molecule has 2 aromatic heterocycles. The molecule has 2 atom stereocenters. The van der Waals surface area contributed by atoms with E-state index in [9.17, 15) is 5.11 Å². The molecule has 0 saturated heterocycles. The fraction of sp³-hybridized carbons (Fsp3) is 0.423. The third-order valence-electron chi connectivity index (χ3n) is 5.71. The highest BCUT2D eigenvalue weighted by Gasteiger charge is 2.17. The van der Waals surface area contributed by atoms with Gasteiger partial charge in [0.2, 0.25) is 0 Å². The maximum atomic E-state index is 9.48. The molecule has 3 rings (SSSR count). The Labute approximate surface area is 196 Å². The van der Waals surface area contributed by atoms with Crippen molar-refractivity contribution in [1.29, 1.82) is 0 Å². The van der Waals surface area contributed by atoms with Crippen LogP contribution in [0, 0.1) is 0 Å². The zero-order valence-corrected chi connectivity index (χ0v) is 19.7. The minimum atomic E-state index is 0.109. The number of aromatic nitrogens is 4. The number of hydrogen-bond donors (Lipinski definition) is 2. The van der Waals surface area contributed by atoms with Crippen molar-refractivity contribution in [2.24, 2.45) is 0 Å². The zero-order valence-electron chi connectivity index (χ0n) is 19.7. The number of benzene rings is 1. The highest BCUT2D eigenvalue weighted by molar-refractivity contribution is 5.52. The van der Waals surface area contributed by atoms with E-state index in [1.54, 1.807) is 12.3 Å². The van der Waals surface area contributed by atoms with Gasteiger partial charge in [0.05, 0.1) is 30.5 Å². The van der Waals surface area contributed by atoms with Crippen LogP contribution >= 0.6 is 0 Å². The number of nitrogens with one attached hydrogen (secondary N) is 1. The first-order chi connectivity index (χ1) is 16.2. The molecule has 7 heteroatoms. The molecule has 0 aliphatic carbocycles. The van der Waals surface area contributed by atoms with E-state index in [2.05, 4.69) is 69.5 Å². The van der Waals surface area contributed by atoms with Gasteiger partial charge in [-0.15, -0.1) is 0 Å². The molecule has 0 bridgehead atoms. The Hall–Kier alpha value is -3.19. The smallest absolute Gasteiger partial charge is 0.180 e. The molecule has 2 heterocycles. The summed E-state index contributed by atoms with van der Waals surface area (Å²) in [6.45, 7) is 8.57. The summed E-state index contributed by atoms with van der Waals surface area (Å²) in [5.41, 5.74) is 2.21. The number of unbranched alkanes of at least 4 members (excludes halogenated alkanes) is 1. The highest BCUT2D eigenvalue weighted by Crippen LogP contribution is 2.27. The lowest BCUT2D eigenvalue weighted by atomic mass is 10.0. The summed E-state index contributed by atoms with van der Waals surface area (Å²) >= 11 is 0. The summed E-state index contributed by atoms with van der Waals surface area (Å²) in [6, 6.07) is 10.7. The third kappa shape index (κ3) is 6.65. The van der Waals surface area contributed by atoms with Crippen LogP contribution in [0.25, 0.3) is 6.08 Å². The van der Waals surface area contributed by atoms with Crippen LogP contribution in [-0.2, 0) is 6.61 Å². The van der Waals surface area contributed by atoms with Crippen LogP contribution in [0.3, 0.4) is 0 Å². The summed E-state index contributed by atoms with van der Waals surface area (Å²) in [7, 11) is 0. The van der Waals surface area contributed by atoms with Crippen molar-refractivity contribution in [3.05, 3.63) is 72.7 Å². The van der Waals surface area contributed by atoms with E-state index in [1.165, 1.54) is 5.56 Å². The lowest BCUT2D eigenvalue weighted by Crippen LogP contribution is -2.22. The molecule has 0 saturated carbocycles. The first kappa shape index (κ1) is 24.5. The molecule has 2 unspecified atom stereocenters. The number of rotatable bonds is 14. The second-order valence-corrected chi connectivity index (χ2v) is 8.06. The molecule has 0 fully saturated rings. The van der Waals surface area contributed by atoms with Crippen LogP contribution in [0.15, 0.2) is 55.6 Å². The Morgan fingerprint density at radius 1 is 1.18 bits per heavy atom. The van der Waals surface area contributed by atoms with E-state index >= 15 is 0 Å². The molecule has 0 radical (unpaired) electrons. The predicted molar refractivity (Wildman–Crippen MR) is 132 cm³/mol. The molecule has 1 aromatic carbocycles. The monoisotopic (exact) mass is 449 g/mol. The van der Waals surface area contributed by atoms with Crippen molar-refractivity contribution in [2.45, 2.75) is 64.6 Å². The molecule has 0 aliphatic heterocycles. The second-order valence-electron chi connectivity index (χ2n) is 8.06. The van der Waals surface area contributed by atoms with Gasteiger partial charge in [0.1, 0.15) is 6.61 Å². The van der Waals surface area contributed by atoms with Gasteiger partial charge in [-0.05, 0) is 30.9 Å². The first-order valence-corrected chi connectivity index (χ1v) is 11.7. The molecule has 0 spiro atoms. The predicted octanol–water partition coefficient (Wildman–Crippen LogP) is 5.25. The van der Waals surface area contributed by atoms with Crippen LogP contribution in [-0.4, -0.2) is 37.3 Å². The molecule has 0 aliphatic rings. The van der Waals surface area contributed by atoms with Gasteiger partial charge in [-0.25, -0.2) is 15.0 Å². The van der Waals surface area contributed by atoms with Crippen LogP contribution in [0.5, 0.6) is 5.75 Å². The molecule has 2 N–H and O–H groups in total. The van der Waals surface area contributed by atoms with Gasteiger partial charge in [0.15, 0.2) is 17.4 Å². The van der Waals surface area contributed by atoms with E-state index in [0.717, 1.165) is 31.4 Å². The van der Waals surface area contributed by atoms with E-state index in [0.29, 0.717) is 30.4 Å². The fourth-order valence-corrected chi connectivity index (χ4v) is 3.92. The van der Waals surface area contributed by atoms with Crippen molar-refractivity contribution >= 4 is 11.9 Å². The average molecular weight is 450 g/mol. The van der Waals surface area contributed by atoms with Crippen LogP contribution in [0.4, 0.5) is 5.82 Å². The third-order valence-corrected chi connectivity index (χ3v) is 5.71. The van der Waals surface area contributed by atoms with Crippen molar-refractivity contribution < 1.29 is 9.84 Å². The quantitative estimate of drug-likeness (QED) is 0.350. The minimum Gasteiger partial charge on any atom is -0.482 e. The number of anilines is 1. The first-order valence-electron chi connectivity index (χ1n) is 11.7. The Morgan fingerprint density at radius 3 is 2.70 bits per heavy atom. The fourth-order valence-electron chi connectivity index (χ4n) is 3.92. The van der Waals surface area contributed by atoms with Crippen molar-refractivity contribution in [3.63, 3.8) is 0 Å². The number of aliphatic hydroxyl groups excluding tert-OH is 1. The van der Waals surface area contributed by atoms with Gasteiger partial charge in [0, 0.05) is 12.6 Å². The van der Waals surface area contributed by atoms with Crippen molar-refractivity contribution in [2.75, 3.05) is 11.9 Å². The van der Waals surface area contributed by atoms with E-state index in [4.69, 9.17) is 4.74 Å². The standard InChI is InChI=1S/C26H35N5O2/c1-4-7-13-21(14-15-32)29-26-24(17-28-25(6-3)30-26)33-18-22-16-27-19-31(22)23(5-2)20-11-9-8-10-12-20/h6,8-12,16-17,19,21,23,32H,3-5,7,13-15,18H2,1-2H3,(H,28,29,30). The number of hydrogen-bond acceptors (Lipinski definition) is 6. The van der Waals surface area contributed by atoms with Gasteiger partial charge in [-0.3, -0.25) is 0 Å². The Kier molecular flexibility index (Phi) is 9.44. The topological polar surface area (TPSA) is 85.1 Å². The summed E-state index contributed by atoms with van der Waals surface area (Å²) in [5.74, 6) is 1.72. The maximum absolute atomic E-state index is 9.48. The van der Waals surface area contributed by atoms with Crippen LogP contribution in [0.2, 0.25) is 0 Å². The van der Waals surface area contributed by atoms with Gasteiger partial charge < -0.3 is 19.7 Å². The summed E-state index contributed by atoms with van der Waals surface area (Å²) in [6.07, 6.45) is 11.7. The van der Waals surface area contributed by atoms with Gasteiger partial charge in [-0.2, -0.15) is 0 Å². The summed E-state index contributed by atoms with van der Waals surface area (Å²) < 4.78 is 8.35. The Bertz CT molecular complexity index is 989. The lowest BCUT2D eigenvalue weighted by molar-refractivity contribution is 0.274. The van der Waals surface area contributed by atoms with Crippen LogP contribution in [0.1, 0.15) is 69.1 Å². The Balaban J connectivity index is 1.79. The van der Waals surface area contributed by atoms with Gasteiger partial charge >= 0.3 is 0 Å². The highest BCUT2D eigenvalue weighted by atomic mass is 16.5. The molecule has 176 valence electrons. The number of imidazole rings is 1. The molecule has 33 heavy (non-hydrogen) atoms. The second kappa shape index (κ2) is 12.7. The number of ether oxygens (including phenoxy) is 1. The van der Waals surface area contributed by atoms with Crippen molar-refractivity contribution in [1.82, 2.24) is 19.5 Å². The Morgan fingerprint density at radius 2 is 2.00 bits per heavy atom. The molecular weight excluding hydrogens is 414 g/mol. The average Bonchev–Trinajstić information content (AvgIpc) is 3.31. The SMILES string of the molecule is C=Cc1ncc(OCc2cncn2C(CC)c2ccccc2)c(NC(CCO)CCCC)n1. The largest absolute Gasteiger partial charge is 0.482 e. The normalized spacial score (nSPS) is 12.8. The summed E-state index contributed by atoms with van der Waals surface area (Å²) in [5, 5.41) is 12.9. The van der Waals surface area contributed by atoms with Gasteiger partial charge in [-0.1, -0.05) is 63.6 Å². The maximum Gasteiger partial charge on any atom is 0.180 e. The summed E-state index contributed by atoms with van der Waals surface area (Å²) in [4.78, 5) is 13.3. The lowest BCUT2D eigenvalue weighted by Gasteiger charge is -2.22. The van der Waals surface area contributed by atoms with Crippen LogP contribution < -0.4 is 10.1 Å². The van der Waals surface area contributed by atoms with E-state index in [-0.39, 0.29) is 18.7 Å². The zero-order chi connectivity index (χ0) is 23.5. The number of nitrogens with zero attached hydrogens (tertiary/aromatic N) is 4. The molecule has 0 amide bonds. The van der Waals surface area contributed by atoms with Crippen molar-refractivity contribution in [3.8, 4) is 5.75 Å².